The van der Waals surface area contributed by atoms with Crippen molar-refractivity contribution in [3.8, 4) is 0 Å². The number of amides is 1. The maximum atomic E-state index is 12.1. The van der Waals surface area contributed by atoms with E-state index in [0.717, 1.165) is 6.54 Å². The summed E-state index contributed by atoms with van der Waals surface area (Å²) >= 11 is 0. The van der Waals surface area contributed by atoms with Gasteiger partial charge >= 0.3 is 6.09 Å². The number of nitrogens with zero attached hydrogens (tertiary/aromatic N) is 4. The van der Waals surface area contributed by atoms with E-state index in [-0.39, 0.29) is 6.09 Å². The van der Waals surface area contributed by atoms with E-state index >= 15 is 0 Å². The highest BCUT2D eigenvalue weighted by Crippen LogP contribution is 2.18. The molecule has 2 fully saturated rings. The van der Waals surface area contributed by atoms with Gasteiger partial charge in [-0.25, -0.2) is 4.79 Å². The molecule has 0 aromatic rings. The number of hydrogen-bond donors (Lipinski definition) is 1. The number of carbonyl (C=O) groups excluding carboxylic acids is 1. The van der Waals surface area contributed by atoms with Crippen LogP contribution in [0.25, 0.3) is 0 Å². The van der Waals surface area contributed by atoms with Crippen molar-refractivity contribution >= 4 is 12.1 Å². The van der Waals surface area contributed by atoms with Gasteiger partial charge in [-0.15, -0.1) is 0 Å². The second-order valence-corrected chi connectivity index (χ2v) is 8.44. The molecule has 150 valence electrons. The number of nitrogens with two attached hydrogens (primary N) is 1. The van der Waals surface area contributed by atoms with Crippen LogP contribution in [0.15, 0.2) is 4.99 Å². The van der Waals surface area contributed by atoms with Crippen LogP contribution < -0.4 is 5.73 Å². The summed E-state index contributed by atoms with van der Waals surface area (Å²) in [5.41, 5.74) is 5.74. The highest BCUT2D eigenvalue weighted by atomic mass is 16.6. The van der Waals surface area contributed by atoms with Crippen LogP contribution in [-0.4, -0.2) is 84.7 Å². The second-order valence-electron chi connectivity index (χ2n) is 8.44. The van der Waals surface area contributed by atoms with E-state index in [1.54, 1.807) is 4.90 Å². The molecule has 1 amide bonds. The molecule has 2 saturated heterocycles. The number of guanidine groups is 1. The van der Waals surface area contributed by atoms with Gasteiger partial charge in [0.25, 0.3) is 0 Å². The standard InChI is InChI=1S/C19H37N5O2/c1-5-8-22-9-6-16(7-10-22)15-21-17(20)23-11-13-24(14-12-23)18(25)26-19(2,3)4/h16H,5-15H2,1-4H3,(H2,20,21). The lowest BCUT2D eigenvalue weighted by Crippen LogP contribution is -2.53. The Kier molecular flexibility index (Phi) is 7.55. The van der Waals surface area contributed by atoms with Crippen molar-refractivity contribution in [1.29, 1.82) is 0 Å². The number of aliphatic imine (C=N–C) groups is 1. The van der Waals surface area contributed by atoms with E-state index in [0.29, 0.717) is 38.1 Å². The normalized spacial score (nSPS) is 21.2. The Morgan fingerprint density at radius 2 is 1.65 bits per heavy atom. The van der Waals surface area contributed by atoms with Crippen LogP contribution in [0.3, 0.4) is 0 Å². The molecule has 7 heteroatoms. The van der Waals surface area contributed by atoms with Crippen molar-refractivity contribution in [3.63, 3.8) is 0 Å². The van der Waals surface area contributed by atoms with Gasteiger partial charge in [0.05, 0.1) is 0 Å². The molecule has 0 atom stereocenters. The number of hydrogen-bond acceptors (Lipinski definition) is 4. The summed E-state index contributed by atoms with van der Waals surface area (Å²) in [5.74, 6) is 1.26. The van der Waals surface area contributed by atoms with Crippen LogP contribution in [0.2, 0.25) is 0 Å². The zero-order chi connectivity index (χ0) is 19.2. The molecule has 26 heavy (non-hydrogen) atoms. The molecule has 0 aromatic carbocycles. The molecule has 2 rings (SSSR count). The third-order valence-corrected chi connectivity index (χ3v) is 5.01. The minimum absolute atomic E-state index is 0.244. The first-order chi connectivity index (χ1) is 12.3. The smallest absolute Gasteiger partial charge is 0.410 e. The van der Waals surface area contributed by atoms with E-state index in [9.17, 15) is 4.79 Å². The minimum Gasteiger partial charge on any atom is -0.444 e. The quantitative estimate of drug-likeness (QED) is 0.607. The lowest BCUT2D eigenvalue weighted by atomic mass is 9.97. The summed E-state index contributed by atoms with van der Waals surface area (Å²) in [6, 6.07) is 0. The monoisotopic (exact) mass is 367 g/mol. The lowest BCUT2D eigenvalue weighted by molar-refractivity contribution is 0.0186. The Balaban J connectivity index is 1.71. The third kappa shape index (κ3) is 6.67. The van der Waals surface area contributed by atoms with Crippen LogP contribution in [0, 0.1) is 5.92 Å². The zero-order valence-corrected chi connectivity index (χ0v) is 17.0. The van der Waals surface area contributed by atoms with E-state index in [1.165, 1.54) is 38.9 Å². The van der Waals surface area contributed by atoms with Crippen molar-refractivity contribution < 1.29 is 9.53 Å². The third-order valence-electron chi connectivity index (χ3n) is 5.01. The SMILES string of the molecule is CCCN1CCC(CN=C(N)N2CCN(C(=O)OC(C)(C)C)CC2)CC1. The number of carbonyl (C=O) groups is 1. The summed E-state index contributed by atoms with van der Waals surface area (Å²) in [6.07, 6.45) is 3.41. The Labute approximate surface area is 158 Å². The molecular formula is C19H37N5O2. The highest BCUT2D eigenvalue weighted by molar-refractivity contribution is 5.78. The molecule has 2 aliphatic rings. The Bertz CT molecular complexity index is 473. The molecule has 7 nitrogen and oxygen atoms in total. The first-order valence-electron chi connectivity index (χ1n) is 10.0. The van der Waals surface area contributed by atoms with E-state index < -0.39 is 5.60 Å². The molecule has 0 bridgehead atoms. The van der Waals surface area contributed by atoms with Crippen molar-refractivity contribution in [2.75, 3.05) is 52.4 Å². The van der Waals surface area contributed by atoms with Gasteiger partial charge in [-0.2, -0.15) is 0 Å². The van der Waals surface area contributed by atoms with Gasteiger partial charge in [-0.05, 0) is 65.6 Å². The number of piperazine rings is 1. The second kappa shape index (κ2) is 9.44. The molecule has 2 heterocycles. The first-order valence-corrected chi connectivity index (χ1v) is 10.0. The predicted molar refractivity (Wildman–Crippen MR) is 105 cm³/mol. The van der Waals surface area contributed by atoms with Crippen molar-refractivity contribution in [3.05, 3.63) is 0 Å². The Hall–Kier alpha value is -1.50. The van der Waals surface area contributed by atoms with Gasteiger partial charge in [0.2, 0.25) is 0 Å². The molecule has 0 radical (unpaired) electrons. The number of likely N-dealkylation sites (tertiary alicyclic amines) is 1. The highest BCUT2D eigenvalue weighted by Gasteiger charge is 2.26. The summed E-state index contributed by atoms with van der Waals surface area (Å²) in [7, 11) is 0. The molecule has 0 saturated carbocycles. The van der Waals surface area contributed by atoms with Gasteiger partial charge in [-0.1, -0.05) is 6.92 Å². The van der Waals surface area contributed by atoms with Crippen LogP contribution >= 0.6 is 0 Å². The fraction of sp³-hybridized carbons (Fsp3) is 0.895. The van der Waals surface area contributed by atoms with E-state index in [4.69, 9.17) is 10.5 Å². The molecule has 0 spiro atoms. The molecular weight excluding hydrogens is 330 g/mol. The molecule has 0 aliphatic carbocycles. The van der Waals surface area contributed by atoms with Gasteiger partial charge < -0.3 is 25.2 Å². The molecule has 0 unspecified atom stereocenters. The zero-order valence-electron chi connectivity index (χ0n) is 17.0. The van der Waals surface area contributed by atoms with Crippen molar-refractivity contribution in [2.45, 2.75) is 52.6 Å². The summed E-state index contributed by atoms with van der Waals surface area (Å²) in [5, 5.41) is 0. The van der Waals surface area contributed by atoms with Crippen molar-refractivity contribution in [1.82, 2.24) is 14.7 Å². The van der Waals surface area contributed by atoms with Gasteiger partial charge in [0.15, 0.2) is 5.96 Å². The average molecular weight is 368 g/mol. The minimum atomic E-state index is -0.457. The summed E-state index contributed by atoms with van der Waals surface area (Å²) in [6.45, 7) is 15.0. The molecule has 2 aliphatic heterocycles. The average Bonchev–Trinajstić information content (AvgIpc) is 2.60. The predicted octanol–water partition coefficient (Wildman–Crippen LogP) is 1.98. The number of piperidine rings is 1. The fourth-order valence-electron chi connectivity index (χ4n) is 3.48. The van der Waals surface area contributed by atoms with Crippen LogP contribution in [0.4, 0.5) is 4.79 Å². The van der Waals surface area contributed by atoms with Crippen LogP contribution in [0.1, 0.15) is 47.0 Å². The number of rotatable bonds is 4. The molecule has 2 N–H and O–H groups in total. The maximum absolute atomic E-state index is 12.1. The Morgan fingerprint density at radius 1 is 1.08 bits per heavy atom. The van der Waals surface area contributed by atoms with Crippen LogP contribution in [0.5, 0.6) is 0 Å². The largest absolute Gasteiger partial charge is 0.444 e. The first kappa shape index (κ1) is 20.8. The molecule has 0 aromatic heterocycles. The van der Waals surface area contributed by atoms with E-state index in [1.807, 2.05) is 20.8 Å². The maximum Gasteiger partial charge on any atom is 0.410 e. The van der Waals surface area contributed by atoms with Gasteiger partial charge in [0, 0.05) is 32.7 Å². The van der Waals surface area contributed by atoms with E-state index in [2.05, 4.69) is 21.7 Å². The number of ether oxygens (including phenoxy) is 1. The summed E-state index contributed by atoms with van der Waals surface area (Å²) in [4.78, 5) is 23.1. The lowest BCUT2D eigenvalue weighted by Gasteiger charge is -2.36. The van der Waals surface area contributed by atoms with Gasteiger partial charge in [0.1, 0.15) is 5.60 Å². The van der Waals surface area contributed by atoms with Gasteiger partial charge in [-0.3, -0.25) is 4.99 Å². The fourth-order valence-corrected chi connectivity index (χ4v) is 3.48. The van der Waals surface area contributed by atoms with Crippen LogP contribution in [-0.2, 0) is 4.74 Å². The summed E-state index contributed by atoms with van der Waals surface area (Å²) < 4.78 is 5.43. The topological polar surface area (TPSA) is 74.4 Å². The Morgan fingerprint density at radius 3 is 2.19 bits per heavy atom. The van der Waals surface area contributed by atoms with Crippen molar-refractivity contribution in [2.24, 2.45) is 16.6 Å².